The lowest BCUT2D eigenvalue weighted by Crippen LogP contribution is -2.34. The van der Waals surface area contributed by atoms with Gasteiger partial charge in [0.1, 0.15) is 0 Å². The molecule has 0 unspecified atom stereocenters. The Morgan fingerprint density at radius 2 is 1.70 bits per heavy atom. The van der Waals surface area contributed by atoms with Crippen molar-refractivity contribution < 1.29 is 17.3 Å². The Bertz CT molecular complexity index is 1310. The van der Waals surface area contributed by atoms with Gasteiger partial charge in [-0.25, -0.2) is 8.42 Å². The number of benzene rings is 2. The second-order valence-electron chi connectivity index (χ2n) is 8.18. The summed E-state index contributed by atoms with van der Waals surface area (Å²) in [6.07, 6.45) is 4.39. The maximum atomic E-state index is 13.5. The number of furan rings is 1. The molecule has 3 heterocycles. The summed E-state index contributed by atoms with van der Waals surface area (Å²) in [6.45, 7) is 1.38. The van der Waals surface area contributed by atoms with E-state index in [1.54, 1.807) is 24.3 Å². The molecule has 2 aromatic heterocycles. The van der Waals surface area contributed by atoms with E-state index in [1.807, 2.05) is 11.0 Å². The van der Waals surface area contributed by atoms with Crippen LogP contribution in [0.1, 0.15) is 18.4 Å². The highest BCUT2D eigenvalue weighted by Gasteiger charge is 2.33. The summed E-state index contributed by atoms with van der Waals surface area (Å²) in [6, 6.07) is 19.9. The minimum atomic E-state index is -3.91. The van der Waals surface area contributed by atoms with Gasteiger partial charge in [0, 0.05) is 18.1 Å². The average Bonchev–Trinajstić information content (AvgIpc) is 3.51. The van der Waals surface area contributed by atoms with E-state index in [4.69, 9.17) is 20.4 Å². The van der Waals surface area contributed by atoms with Crippen LogP contribution in [0.5, 0.6) is 0 Å². The molecule has 0 saturated carbocycles. The van der Waals surface area contributed by atoms with E-state index in [0.717, 1.165) is 19.3 Å². The highest BCUT2D eigenvalue weighted by molar-refractivity contribution is 7.91. The number of hydrogen-bond donors (Lipinski definition) is 0. The summed E-state index contributed by atoms with van der Waals surface area (Å²) in [5.74, 6) is 1.32. The highest BCUT2D eigenvalue weighted by Crippen LogP contribution is 2.37. The first-order chi connectivity index (χ1) is 16.0. The first-order valence-corrected chi connectivity index (χ1v) is 12.7. The molecule has 4 aromatic rings. The molecule has 1 aliphatic rings. The maximum absolute atomic E-state index is 13.5. The summed E-state index contributed by atoms with van der Waals surface area (Å²) < 4.78 is 38.4. The fourth-order valence-electron chi connectivity index (χ4n) is 4.19. The maximum Gasteiger partial charge on any atom is 0.266 e. The summed E-state index contributed by atoms with van der Waals surface area (Å²) in [7, 11) is -3.91. The van der Waals surface area contributed by atoms with Crippen molar-refractivity contribution in [3.05, 3.63) is 83.6 Å². The van der Waals surface area contributed by atoms with Gasteiger partial charge >= 0.3 is 0 Å². The van der Waals surface area contributed by atoms with Crippen LogP contribution in [-0.4, -0.2) is 26.5 Å². The van der Waals surface area contributed by atoms with Crippen molar-refractivity contribution in [2.75, 3.05) is 18.0 Å². The lowest BCUT2D eigenvalue weighted by molar-refractivity contribution is 0.386. The van der Waals surface area contributed by atoms with Crippen LogP contribution in [0.15, 0.2) is 91.7 Å². The van der Waals surface area contributed by atoms with Crippen molar-refractivity contribution >= 4 is 27.3 Å². The van der Waals surface area contributed by atoms with Gasteiger partial charge < -0.3 is 13.7 Å². The van der Waals surface area contributed by atoms with Crippen LogP contribution in [0, 0.1) is 5.92 Å². The van der Waals surface area contributed by atoms with Gasteiger partial charge in [0.05, 0.1) is 11.2 Å². The zero-order valence-corrected chi connectivity index (χ0v) is 19.4. The molecular weight excluding hydrogens is 460 g/mol. The highest BCUT2D eigenvalue weighted by atomic mass is 35.5. The molecule has 0 radical (unpaired) electrons. The number of hydrogen-bond acceptors (Lipinski definition) is 6. The molecule has 1 aliphatic heterocycles. The van der Waals surface area contributed by atoms with Crippen molar-refractivity contribution in [3.8, 4) is 11.7 Å². The molecule has 0 bridgehead atoms. The number of rotatable bonds is 6. The largest absolute Gasteiger partial charge is 0.459 e. The van der Waals surface area contributed by atoms with Crippen LogP contribution in [0.2, 0.25) is 5.02 Å². The third-order valence-corrected chi connectivity index (χ3v) is 7.88. The van der Waals surface area contributed by atoms with Crippen LogP contribution >= 0.6 is 11.6 Å². The van der Waals surface area contributed by atoms with Crippen molar-refractivity contribution in [1.82, 2.24) is 4.98 Å². The molecule has 33 heavy (non-hydrogen) atoms. The molecule has 6 nitrogen and oxygen atoms in total. The molecule has 0 N–H and O–H groups in total. The van der Waals surface area contributed by atoms with E-state index in [-0.39, 0.29) is 21.7 Å². The predicted octanol–water partition coefficient (Wildman–Crippen LogP) is 5.88. The number of anilines is 1. The fourth-order valence-corrected chi connectivity index (χ4v) is 5.64. The standard InChI is InChI=1S/C25H23ClN2O4S/c26-20-8-10-21(11-9-20)33(29,30)24-25(32-23(27-24)22-7-4-16-31-22)28-14-12-19(13-15-28)17-18-5-2-1-3-6-18/h1-11,16,19H,12-15,17H2. The third-order valence-electron chi connectivity index (χ3n) is 5.96. The van der Waals surface area contributed by atoms with Crippen molar-refractivity contribution in [2.45, 2.75) is 29.2 Å². The number of sulfone groups is 1. The predicted molar refractivity (Wildman–Crippen MR) is 126 cm³/mol. The van der Waals surface area contributed by atoms with Gasteiger partial charge in [0.2, 0.25) is 20.7 Å². The first kappa shape index (κ1) is 21.8. The van der Waals surface area contributed by atoms with Gasteiger partial charge in [-0.05, 0) is 67.1 Å². The Morgan fingerprint density at radius 1 is 0.970 bits per heavy atom. The van der Waals surface area contributed by atoms with Gasteiger partial charge in [-0.1, -0.05) is 41.9 Å². The minimum Gasteiger partial charge on any atom is -0.459 e. The summed E-state index contributed by atoms with van der Waals surface area (Å²) in [5, 5.41) is 0.365. The smallest absolute Gasteiger partial charge is 0.266 e. The Hall–Kier alpha value is -3.03. The van der Waals surface area contributed by atoms with Crippen molar-refractivity contribution in [3.63, 3.8) is 0 Å². The van der Waals surface area contributed by atoms with Crippen LogP contribution in [0.25, 0.3) is 11.7 Å². The average molecular weight is 483 g/mol. The van der Waals surface area contributed by atoms with Crippen molar-refractivity contribution in [1.29, 1.82) is 0 Å². The summed E-state index contributed by atoms with van der Waals surface area (Å²) in [4.78, 5) is 6.46. The topological polar surface area (TPSA) is 76.5 Å². The normalized spacial score (nSPS) is 15.1. The Kier molecular flexibility index (Phi) is 6.00. The van der Waals surface area contributed by atoms with Crippen LogP contribution in [0.4, 0.5) is 5.88 Å². The van der Waals surface area contributed by atoms with Gasteiger partial charge in [-0.15, -0.1) is 0 Å². The third kappa shape index (κ3) is 4.56. The quantitative estimate of drug-likeness (QED) is 0.341. The lowest BCUT2D eigenvalue weighted by atomic mass is 9.90. The van der Waals surface area contributed by atoms with Crippen molar-refractivity contribution in [2.24, 2.45) is 5.92 Å². The molecule has 1 fully saturated rings. The van der Waals surface area contributed by atoms with Gasteiger partial charge in [-0.2, -0.15) is 4.98 Å². The zero-order chi connectivity index (χ0) is 22.8. The Morgan fingerprint density at radius 3 is 2.36 bits per heavy atom. The van der Waals surface area contributed by atoms with Crippen LogP contribution in [-0.2, 0) is 16.3 Å². The van der Waals surface area contributed by atoms with Gasteiger partial charge in [0.25, 0.3) is 5.89 Å². The second-order valence-corrected chi connectivity index (χ2v) is 10.5. The van der Waals surface area contributed by atoms with E-state index in [9.17, 15) is 8.42 Å². The molecule has 0 atom stereocenters. The lowest BCUT2D eigenvalue weighted by Gasteiger charge is -2.32. The van der Waals surface area contributed by atoms with Gasteiger partial charge in [0.15, 0.2) is 5.76 Å². The van der Waals surface area contributed by atoms with E-state index < -0.39 is 9.84 Å². The number of piperidine rings is 1. The number of halogens is 1. The van der Waals surface area contributed by atoms with E-state index >= 15 is 0 Å². The van der Waals surface area contributed by atoms with Crippen LogP contribution < -0.4 is 4.90 Å². The number of oxazole rings is 1. The molecule has 5 rings (SSSR count). The molecule has 8 heteroatoms. The van der Waals surface area contributed by atoms with E-state index in [0.29, 0.717) is 29.8 Å². The minimum absolute atomic E-state index is 0.0993. The van der Waals surface area contributed by atoms with Gasteiger partial charge in [-0.3, -0.25) is 0 Å². The molecule has 2 aromatic carbocycles. The van der Waals surface area contributed by atoms with Crippen LogP contribution in [0.3, 0.4) is 0 Å². The molecule has 1 saturated heterocycles. The molecule has 0 amide bonds. The zero-order valence-electron chi connectivity index (χ0n) is 17.9. The Labute approximate surface area is 197 Å². The van der Waals surface area contributed by atoms with E-state index in [2.05, 4.69) is 29.2 Å². The monoisotopic (exact) mass is 482 g/mol. The second kappa shape index (κ2) is 9.08. The SMILES string of the molecule is O=S(=O)(c1ccc(Cl)cc1)c1nc(-c2ccco2)oc1N1CCC(Cc2ccccc2)CC1. The first-order valence-electron chi connectivity index (χ1n) is 10.8. The number of aromatic nitrogens is 1. The summed E-state index contributed by atoms with van der Waals surface area (Å²) >= 11 is 5.95. The fraction of sp³-hybridized carbons (Fsp3) is 0.240. The molecule has 170 valence electrons. The molecule has 0 spiro atoms. The molecule has 0 aliphatic carbocycles. The van der Waals surface area contributed by atoms with E-state index in [1.165, 1.54) is 24.0 Å². The molecular formula is C25H23ClN2O4S. The Balaban J connectivity index is 1.44. The summed E-state index contributed by atoms with van der Waals surface area (Å²) in [5.41, 5.74) is 1.32. The number of nitrogens with zero attached hydrogens (tertiary/aromatic N) is 2.